The Morgan fingerprint density at radius 3 is 2.27 bits per heavy atom. The second-order valence-electron chi connectivity index (χ2n) is 6.36. The smallest absolute Gasteiger partial charge is 0.248 e. The third-order valence-electron chi connectivity index (χ3n) is 4.45. The largest absolute Gasteiger partial charge is 0.416 e. The lowest BCUT2D eigenvalue weighted by atomic mass is 10.0. The molecule has 2 aromatic carbocycles. The van der Waals surface area contributed by atoms with Crippen LogP contribution in [-0.2, 0) is 4.79 Å². The maximum absolute atomic E-state index is 12.2. The summed E-state index contributed by atoms with van der Waals surface area (Å²) in [5, 5.41) is 11.2. The van der Waals surface area contributed by atoms with Gasteiger partial charge in [0, 0.05) is 22.7 Å². The van der Waals surface area contributed by atoms with Crippen LogP contribution in [-0.4, -0.2) is 16.1 Å². The SMILES string of the molecule is CCC(CC)C(=O)Nc1ccc(-c2nnc(-c3cccc(C)c3)o2)cc1. The summed E-state index contributed by atoms with van der Waals surface area (Å²) in [4.78, 5) is 12.2. The van der Waals surface area contributed by atoms with Gasteiger partial charge in [0.15, 0.2) is 0 Å². The summed E-state index contributed by atoms with van der Waals surface area (Å²) >= 11 is 0. The van der Waals surface area contributed by atoms with Gasteiger partial charge in [0.05, 0.1) is 0 Å². The van der Waals surface area contributed by atoms with Gasteiger partial charge in [-0.2, -0.15) is 0 Å². The zero-order chi connectivity index (χ0) is 18.5. The standard InChI is InChI=1S/C21H23N3O2/c1-4-15(5-2)19(25)22-18-11-9-16(10-12-18)20-23-24-21(26-20)17-8-6-7-14(3)13-17/h6-13,15H,4-5H2,1-3H3,(H,22,25). The van der Waals surface area contributed by atoms with Crippen LogP contribution < -0.4 is 5.32 Å². The molecule has 0 aliphatic heterocycles. The molecule has 5 nitrogen and oxygen atoms in total. The Morgan fingerprint density at radius 1 is 1.00 bits per heavy atom. The van der Waals surface area contributed by atoms with Crippen molar-refractivity contribution in [3.63, 3.8) is 0 Å². The molecule has 134 valence electrons. The van der Waals surface area contributed by atoms with Crippen molar-refractivity contribution in [1.82, 2.24) is 10.2 Å². The van der Waals surface area contributed by atoms with Gasteiger partial charge in [0.2, 0.25) is 17.7 Å². The predicted octanol–water partition coefficient (Wildman–Crippen LogP) is 5.09. The number of nitrogens with zero attached hydrogens (tertiary/aromatic N) is 2. The molecule has 0 saturated carbocycles. The maximum Gasteiger partial charge on any atom is 0.248 e. The van der Waals surface area contributed by atoms with Gasteiger partial charge in [-0.1, -0.05) is 31.5 Å². The van der Waals surface area contributed by atoms with E-state index in [-0.39, 0.29) is 11.8 Å². The second kappa shape index (κ2) is 7.95. The number of carbonyl (C=O) groups excluding carboxylic acids is 1. The highest BCUT2D eigenvalue weighted by Gasteiger charge is 2.15. The van der Waals surface area contributed by atoms with Gasteiger partial charge in [-0.05, 0) is 56.2 Å². The van der Waals surface area contributed by atoms with E-state index in [0.29, 0.717) is 11.8 Å². The Hall–Kier alpha value is -2.95. The number of hydrogen-bond acceptors (Lipinski definition) is 4. The van der Waals surface area contributed by atoms with Crippen molar-refractivity contribution in [1.29, 1.82) is 0 Å². The Labute approximate surface area is 153 Å². The van der Waals surface area contributed by atoms with Crippen molar-refractivity contribution in [2.24, 2.45) is 5.92 Å². The number of amides is 1. The fourth-order valence-electron chi connectivity index (χ4n) is 2.83. The fraction of sp³-hybridized carbons (Fsp3) is 0.286. The number of hydrogen-bond donors (Lipinski definition) is 1. The summed E-state index contributed by atoms with van der Waals surface area (Å²) in [6, 6.07) is 15.4. The van der Waals surface area contributed by atoms with Crippen LogP contribution in [0.2, 0.25) is 0 Å². The molecule has 0 fully saturated rings. The molecule has 0 unspecified atom stereocenters. The zero-order valence-corrected chi connectivity index (χ0v) is 15.3. The first-order valence-corrected chi connectivity index (χ1v) is 8.92. The Bertz CT molecular complexity index is 880. The number of aryl methyl sites for hydroxylation is 1. The van der Waals surface area contributed by atoms with E-state index in [2.05, 4.69) is 15.5 Å². The van der Waals surface area contributed by atoms with E-state index in [1.54, 1.807) is 0 Å². The Morgan fingerprint density at radius 2 is 1.65 bits per heavy atom. The van der Waals surface area contributed by atoms with Gasteiger partial charge in [-0.15, -0.1) is 10.2 Å². The number of carbonyl (C=O) groups is 1. The van der Waals surface area contributed by atoms with Crippen LogP contribution in [0.4, 0.5) is 5.69 Å². The van der Waals surface area contributed by atoms with Crippen molar-refractivity contribution in [3.05, 3.63) is 54.1 Å². The van der Waals surface area contributed by atoms with Crippen LogP contribution in [0.3, 0.4) is 0 Å². The van der Waals surface area contributed by atoms with Gasteiger partial charge in [-0.3, -0.25) is 4.79 Å². The lowest BCUT2D eigenvalue weighted by molar-refractivity contribution is -0.120. The van der Waals surface area contributed by atoms with E-state index in [4.69, 9.17) is 4.42 Å². The summed E-state index contributed by atoms with van der Waals surface area (Å²) in [6.07, 6.45) is 1.67. The van der Waals surface area contributed by atoms with Crippen molar-refractivity contribution in [3.8, 4) is 22.9 Å². The molecule has 0 atom stereocenters. The first-order chi connectivity index (χ1) is 12.6. The van der Waals surface area contributed by atoms with Crippen molar-refractivity contribution in [2.75, 3.05) is 5.32 Å². The third kappa shape index (κ3) is 3.99. The van der Waals surface area contributed by atoms with E-state index < -0.39 is 0 Å². The molecule has 1 N–H and O–H groups in total. The summed E-state index contributed by atoms with van der Waals surface area (Å²) in [6.45, 7) is 6.08. The second-order valence-corrected chi connectivity index (χ2v) is 6.36. The predicted molar refractivity (Wildman–Crippen MR) is 103 cm³/mol. The van der Waals surface area contributed by atoms with Crippen LogP contribution in [0.25, 0.3) is 22.9 Å². The minimum Gasteiger partial charge on any atom is -0.416 e. The van der Waals surface area contributed by atoms with E-state index in [1.165, 1.54) is 0 Å². The molecule has 26 heavy (non-hydrogen) atoms. The molecule has 1 aromatic heterocycles. The Balaban J connectivity index is 1.74. The molecule has 5 heteroatoms. The first-order valence-electron chi connectivity index (χ1n) is 8.92. The average molecular weight is 349 g/mol. The van der Waals surface area contributed by atoms with Gasteiger partial charge in [0.1, 0.15) is 0 Å². The molecule has 0 saturated heterocycles. The highest BCUT2D eigenvalue weighted by Crippen LogP contribution is 2.25. The number of benzene rings is 2. The fourth-order valence-corrected chi connectivity index (χ4v) is 2.83. The summed E-state index contributed by atoms with van der Waals surface area (Å²) in [5.74, 6) is 1.05. The molecule has 1 amide bonds. The van der Waals surface area contributed by atoms with Crippen molar-refractivity contribution in [2.45, 2.75) is 33.6 Å². The first kappa shape index (κ1) is 17.9. The average Bonchev–Trinajstić information content (AvgIpc) is 3.13. The highest BCUT2D eigenvalue weighted by atomic mass is 16.4. The minimum absolute atomic E-state index is 0.0440. The number of rotatable bonds is 6. The lowest BCUT2D eigenvalue weighted by Gasteiger charge is -2.12. The van der Waals surface area contributed by atoms with E-state index in [9.17, 15) is 4.79 Å². The quantitative estimate of drug-likeness (QED) is 0.673. The summed E-state index contributed by atoms with van der Waals surface area (Å²) in [5.41, 5.74) is 3.62. The molecule has 0 aliphatic rings. The summed E-state index contributed by atoms with van der Waals surface area (Å²) in [7, 11) is 0. The van der Waals surface area contributed by atoms with Crippen LogP contribution in [0, 0.1) is 12.8 Å². The molecule has 1 heterocycles. The molecule has 0 aliphatic carbocycles. The number of aromatic nitrogens is 2. The zero-order valence-electron chi connectivity index (χ0n) is 15.3. The third-order valence-corrected chi connectivity index (χ3v) is 4.45. The van der Waals surface area contributed by atoms with Gasteiger partial charge >= 0.3 is 0 Å². The summed E-state index contributed by atoms with van der Waals surface area (Å²) < 4.78 is 5.80. The van der Waals surface area contributed by atoms with E-state index in [0.717, 1.165) is 35.2 Å². The Kier molecular flexibility index (Phi) is 5.46. The van der Waals surface area contributed by atoms with Gasteiger partial charge in [0.25, 0.3) is 0 Å². The van der Waals surface area contributed by atoms with E-state index in [1.807, 2.05) is 69.3 Å². The van der Waals surface area contributed by atoms with Crippen LogP contribution in [0.1, 0.15) is 32.3 Å². The number of anilines is 1. The molecule has 0 radical (unpaired) electrons. The molecule has 3 aromatic rings. The lowest BCUT2D eigenvalue weighted by Crippen LogP contribution is -2.21. The molecule has 3 rings (SSSR count). The topological polar surface area (TPSA) is 68.0 Å². The molecule has 0 spiro atoms. The van der Waals surface area contributed by atoms with Crippen LogP contribution >= 0.6 is 0 Å². The maximum atomic E-state index is 12.2. The van der Waals surface area contributed by atoms with Crippen molar-refractivity contribution < 1.29 is 9.21 Å². The molecular formula is C21H23N3O2. The minimum atomic E-state index is 0.0440. The van der Waals surface area contributed by atoms with Crippen molar-refractivity contribution >= 4 is 11.6 Å². The van der Waals surface area contributed by atoms with E-state index >= 15 is 0 Å². The number of nitrogens with one attached hydrogen (secondary N) is 1. The normalized spacial score (nSPS) is 10.9. The van der Waals surface area contributed by atoms with Gasteiger partial charge < -0.3 is 9.73 Å². The molecule has 0 bridgehead atoms. The van der Waals surface area contributed by atoms with Crippen LogP contribution in [0.5, 0.6) is 0 Å². The monoisotopic (exact) mass is 349 g/mol. The molecular weight excluding hydrogens is 326 g/mol. The highest BCUT2D eigenvalue weighted by molar-refractivity contribution is 5.92. The van der Waals surface area contributed by atoms with Crippen LogP contribution in [0.15, 0.2) is 52.9 Å². The van der Waals surface area contributed by atoms with Gasteiger partial charge in [-0.25, -0.2) is 0 Å².